The van der Waals surface area contributed by atoms with E-state index in [0.29, 0.717) is 0 Å². The van der Waals surface area contributed by atoms with E-state index in [2.05, 4.69) is 239 Å². The molecule has 363 valence electrons. The molecule has 1 N–H and O–H groups in total. The molecule has 0 amide bonds. The number of fused-ring (bicyclic) bond motifs is 13. The predicted octanol–water partition coefficient (Wildman–Crippen LogP) is 17.6. The summed E-state index contributed by atoms with van der Waals surface area (Å²) in [5.74, 6) is 0. The summed E-state index contributed by atoms with van der Waals surface area (Å²) in [7, 11) is 2.50. The van der Waals surface area contributed by atoms with E-state index in [1.54, 1.807) is 0 Å². The highest BCUT2D eigenvalue weighted by Gasteiger charge is 2.44. The van der Waals surface area contributed by atoms with Crippen molar-refractivity contribution >= 4 is 73.6 Å². The molecule has 4 heteroatoms. The smallest absolute Gasteiger partial charge is 0.197 e. The Morgan fingerprint density at radius 2 is 1.20 bits per heavy atom. The molecule has 0 atom stereocenters. The number of allylic oxidation sites excluding steroid dienone is 2. The molecule has 0 fully saturated rings. The summed E-state index contributed by atoms with van der Waals surface area (Å²) in [6.07, 6.45) is 4.66. The summed E-state index contributed by atoms with van der Waals surface area (Å²) in [6, 6.07) is 54.1. The van der Waals surface area contributed by atoms with E-state index in [0.717, 1.165) is 16.9 Å². The second-order valence-electron chi connectivity index (χ2n) is 25.6. The van der Waals surface area contributed by atoms with Crippen molar-refractivity contribution in [3.05, 3.63) is 202 Å². The monoisotopic (exact) mass is 975 g/mol. The largest absolute Gasteiger partial charge is 0.355 e. The Morgan fingerprint density at radius 1 is 0.554 bits per heavy atom. The fourth-order valence-corrected chi connectivity index (χ4v) is 15.0. The van der Waals surface area contributed by atoms with Gasteiger partial charge in [0.05, 0.1) is 5.52 Å². The highest BCUT2D eigenvalue weighted by atomic mass is 32.2. The van der Waals surface area contributed by atoms with Gasteiger partial charge in [-0.1, -0.05) is 191 Å². The molecular weight excluding hydrogens is 912 g/mol. The molecule has 8 aromatic carbocycles. The zero-order valence-electron chi connectivity index (χ0n) is 44.9. The molecule has 2 nitrogen and oxygen atoms in total. The van der Waals surface area contributed by atoms with Gasteiger partial charge in [-0.15, -0.1) is 0 Å². The van der Waals surface area contributed by atoms with Crippen LogP contribution in [0.2, 0.25) is 0 Å². The lowest BCUT2D eigenvalue weighted by Gasteiger charge is -2.42. The van der Waals surface area contributed by atoms with Crippen LogP contribution in [0.5, 0.6) is 0 Å². The van der Waals surface area contributed by atoms with Crippen molar-refractivity contribution in [2.24, 2.45) is 0 Å². The van der Waals surface area contributed by atoms with Crippen molar-refractivity contribution in [3.8, 4) is 39.1 Å². The Labute approximate surface area is 443 Å². The Kier molecular flexibility index (Phi) is 9.41. The van der Waals surface area contributed by atoms with E-state index in [9.17, 15) is 0 Å². The zero-order valence-corrected chi connectivity index (χ0v) is 45.7. The molecule has 0 saturated carbocycles. The van der Waals surface area contributed by atoms with Gasteiger partial charge >= 0.3 is 0 Å². The van der Waals surface area contributed by atoms with E-state index in [1.807, 2.05) is 11.8 Å². The summed E-state index contributed by atoms with van der Waals surface area (Å²) in [4.78, 5) is 2.47. The summed E-state index contributed by atoms with van der Waals surface area (Å²) in [6.45, 7) is 31.1. The minimum atomic E-state index is -0.195. The van der Waals surface area contributed by atoms with Gasteiger partial charge in [0.1, 0.15) is 0 Å². The summed E-state index contributed by atoms with van der Waals surface area (Å²) >= 11 is 1.86. The van der Waals surface area contributed by atoms with Crippen LogP contribution in [-0.4, -0.2) is 11.8 Å². The van der Waals surface area contributed by atoms with Gasteiger partial charge in [-0.3, -0.25) is 0 Å². The molecule has 14 rings (SSSR count). The quantitative estimate of drug-likeness (QED) is 0.177. The third-order valence-corrected chi connectivity index (χ3v) is 19.5. The van der Waals surface area contributed by atoms with Crippen LogP contribution in [0.1, 0.15) is 139 Å². The number of benzene rings is 8. The predicted molar refractivity (Wildman–Crippen MR) is 319 cm³/mol. The second-order valence-corrected chi connectivity index (χ2v) is 26.7. The fraction of sp³-hybridized carbons (Fsp3) is 0.257. The Morgan fingerprint density at radius 3 is 1.95 bits per heavy atom. The summed E-state index contributed by atoms with van der Waals surface area (Å²) in [5.41, 5.74) is 29.6. The maximum atomic E-state index is 4.70. The summed E-state index contributed by atoms with van der Waals surface area (Å²) in [5, 5.41) is 6.65. The first-order chi connectivity index (χ1) is 35.2. The number of aromatic nitrogens is 1. The molecule has 9 aromatic rings. The second kappa shape index (κ2) is 15.2. The van der Waals surface area contributed by atoms with E-state index in [1.165, 1.54) is 145 Å². The molecular formula is C70H64BN2S. The highest BCUT2D eigenvalue weighted by molar-refractivity contribution is 8.08. The molecule has 0 saturated heterocycles. The van der Waals surface area contributed by atoms with Gasteiger partial charge in [0.25, 0.3) is 0 Å². The first-order valence-corrected chi connectivity index (χ1v) is 27.7. The fourth-order valence-electron chi connectivity index (χ4n) is 13.8. The van der Waals surface area contributed by atoms with Crippen molar-refractivity contribution in [2.45, 2.75) is 121 Å². The zero-order chi connectivity index (χ0) is 51.2. The van der Waals surface area contributed by atoms with Gasteiger partial charge in [-0.2, -0.15) is 0 Å². The molecule has 74 heavy (non-hydrogen) atoms. The molecule has 0 bridgehead atoms. The minimum absolute atomic E-state index is 0.0576. The van der Waals surface area contributed by atoms with Crippen LogP contribution in [0, 0.1) is 0 Å². The van der Waals surface area contributed by atoms with Crippen molar-refractivity contribution in [3.63, 3.8) is 0 Å². The molecule has 1 aromatic heterocycles. The van der Waals surface area contributed by atoms with E-state index in [-0.39, 0.29) is 27.1 Å². The highest BCUT2D eigenvalue weighted by Crippen LogP contribution is 2.57. The van der Waals surface area contributed by atoms with E-state index in [4.69, 9.17) is 6.58 Å². The van der Waals surface area contributed by atoms with Gasteiger partial charge in [0, 0.05) is 59.5 Å². The minimum Gasteiger partial charge on any atom is -0.355 e. The van der Waals surface area contributed by atoms with E-state index < -0.39 is 0 Å². The van der Waals surface area contributed by atoms with Crippen LogP contribution in [-0.2, 0) is 27.1 Å². The van der Waals surface area contributed by atoms with Crippen LogP contribution < -0.4 is 16.2 Å². The number of nitrogens with one attached hydrogen (secondary N) is 1. The Balaban J connectivity index is 1.04. The van der Waals surface area contributed by atoms with Gasteiger partial charge in [0.2, 0.25) is 0 Å². The number of anilines is 2. The van der Waals surface area contributed by atoms with Crippen LogP contribution >= 0.6 is 11.8 Å². The molecule has 1 radical (unpaired) electrons. The molecule has 0 unspecified atom stereocenters. The first-order valence-electron chi connectivity index (χ1n) is 26.9. The van der Waals surface area contributed by atoms with Crippen molar-refractivity contribution in [1.82, 2.24) is 4.57 Å². The van der Waals surface area contributed by atoms with Crippen molar-refractivity contribution in [1.29, 1.82) is 0 Å². The Bertz CT molecular complexity index is 4020. The van der Waals surface area contributed by atoms with Gasteiger partial charge in [-0.25, -0.2) is 0 Å². The lowest BCUT2D eigenvalue weighted by molar-refractivity contribution is 0.331. The first kappa shape index (κ1) is 45.8. The standard InChI is InChI=1S/C70H64BN2S/c1-39-30-62(40-18-14-13-15-19-40)74-63-38-61-58(34-46(39)63)71-64-44(26-27-45-51-33-53-49(35-60(51)73(61)65(45)64)43-20-16-17-21-52(43)69(53,9)10)50-31-47-48-32-56-57(68(7,8)29-28-67(56,5)6)36-54(48)70(11,12)55(47)37-59(50)72-42-24-22-41(23-25-42)66(2,3)4/h13-27,30-38,72H,1,28-29H2,2-12H3. The maximum absolute atomic E-state index is 4.70. The average molecular weight is 976 g/mol. The van der Waals surface area contributed by atoms with Crippen molar-refractivity contribution < 1.29 is 0 Å². The molecule has 0 spiro atoms. The number of nitrogens with zero attached hydrogens (tertiary/aromatic N) is 1. The number of hydrogen-bond donors (Lipinski definition) is 1. The topological polar surface area (TPSA) is 17.0 Å². The molecule has 5 aliphatic rings. The molecule has 3 aliphatic carbocycles. The molecule has 2 aliphatic heterocycles. The van der Waals surface area contributed by atoms with Crippen molar-refractivity contribution in [2.75, 3.05) is 5.32 Å². The number of rotatable bonds is 4. The van der Waals surface area contributed by atoms with Crippen LogP contribution in [0.4, 0.5) is 11.4 Å². The normalized spacial score (nSPS) is 17.6. The SMILES string of the molecule is C=C1C=C(c2ccccc2)Sc2cc3c(cc21)[B]c1c(-c2cc4c(cc2Nc2ccc(C(C)(C)C)cc2)C(C)(C)c2cc5c(cc2-4)C(C)(C)CCC5(C)C)ccc2c4cc5c(cc4n-3c12)-c1ccccc1C5(C)C. The van der Waals surface area contributed by atoms with Crippen LogP contribution in [0.3, 0.4) is 0 Å². The number of hydrogen-bond acceptors (Lipinski definition) is 2. The lowest BCUT2D eigenvalue weighted by atomic mass is 9.58. The van der Waals surface area contributed by atoms with Crippen LogP contribution in [0.25, 0.3) is 71.4 Å². The third kappa shape index (κ3) is 6.46. The van der Waals surface area contributed by atoms with Gasteiger partial charge in [0.15, 0.2) is 7.28 Å². The van der Waals surface area contributed by atoms with E-state index >= 15 is 0 Å². The Hall–Kier alpha value is -6.75. The van der Waals surface area contributed by atoms with Gasteiger partial charge in [-0.05, 0) is 173 Å². The number of thioether (sulfide) groups is 1. The van der Waals surface area contributed by atoms with Gasteiger partial charge < -0.3 is 9.88 Å². The summed E-state index contributed by atoms with van der Waals surface area (Å²) < 4.78 is 2.62. The lowest BCUT2D eigenvalue weighted by Crippen LogP contribution is -2.37. The van der Waals surface area contributed by atoms with Crippen LogP contribution in [0.15, 0.2) is 157 Å². The maximum Gasteiger partial charge on any atom is 0.197 e. The average Bonchev–Trinajstić information content (AvgIpc) is 3.94. The third-order valence-electron chi connectivity index (χ3n) is 18.4. The molecule has 3 heterocycles.